The average molecular weight is 325 g/mol. The standard InChI is InChI=1S/C18H36N4O/c1-15(2)10-6-9-13-20-17(19-3)21-14-18(11-7-8-12-18)16(23)22(4)5/h15H,6-14H2,1-5H3,(H2,19,20,21). The molecule has 0 aliphatic heterocycles. The first-order valence-corrected chi connectivity index (χ1v) is 9.07. The summed E-state index contributed by atoms with van der Waals surface area (Å²) in [5, 5.41) is 6.75. The molecule has 5 nitrogen and oxygen atoms in total. The lowest BCUT2D eigenvalue weighted by Crippen LogP contribution is -2.49. The lowest BCUT2D eigenvalue weighted by Gasteiger charge is -2.31. The van der Waals surface area contributed by atoms with Crippen LogP contribution in [0.15, 0.2) is 4.99 Å². The lowest BCUT2D eigenvalue weighted by atomic mass is 9.84. The lowest BCUT2D eigenvalue weighted by molar-refractivity contribution is -0.138. The fourth-order valence-electron chi connectivity index (χ4n) is 3.35. The Morgan fingerprint density at radius 3 is 2.35 bits per heavy atom. The third-order valence-electron chi connectivity index (χ3n) is 4.74. The summed E-state index contributed by atoms with van der Waals surface area (Å²) in [5.74, 6) is 1.83. The van der Waals surface area contributed by atoms with Gasteiger partial charge in [-0.1, -0.05) is 39.5 Å². The highest BCUT2D eigenvalue weighted by Gasteiger charge is 2.42. The molecule has 1 rings (SSSR count). The average Bonchev–Trinajstić information content (AvgIpc) is 2.98. The first-order valence-electron chi connectivity index (χ1n) is 9.07. The molecular weight excluding hydrogens is 288 g/mol. The summed E-state index contributed by atoms with van der Waals surface area (Å²) in [7, 11) is 5.49. The largest absolute Gasteiger partial charge is 0.356 e. The second kappa shape index (κ2) is 9.78. The fourth-order valence-corrected chi connectivity index (χ4v) is 3.35. The second-order valence-electron chi connectivity index (χ2n) is 7.43. The molecule has 1 fully saturated rings. The predicted molar refractivity (Wildman–Crippen MR) is 97.6 cm³/mol. The van der Waals surface area contributed by atoms with Crippen LogP contribution in [0.3, 0.4) is 0 Å². The van der Waals surface area contributed by atoms with E-state index in [-0.39, 0.29) is 11.3 Å². The van der Waals surface area contributed by atoms with Crippen LogP contribution in [0, 0.1) is 11.3 Å². The van der Waals surface area contributed by atoms with Crippen LogP contribution in [0.5, 0.6) is 0 Å². The molecule has 0 aromatic heterocycles. The molecule has 0 aromatic carbocycles. The van der Waals surface area contributed by atoms with Gasteiger partial charge in [0.15, 0.2) is 5.96 Å². The van der Waals surface area contributed by atoms with Crippen LogP contribution in [0.1, 0.15) is 58.8 Å². The number of aliphatic imine (C=N–C) groups is 1. The third-order valence-corrected chi connectivity index (χ3v) is 4.74. The highest BCUT2D eigenvalue weighted by Crippen LogP contribution is 2.38. The minimum Gasteiger partial charge on any atom is -0.356 e. The van der Waals surface area contributed by atoms with Crippen molar-refractivity contribution >= 4 is 11.9 Å². The molecule has 1 saturated carbocycles. The van der Waals surface area contributed by atoms with Gasteiger partial charge in [-0.3, -0.25) is 9.79 Å². The number of nitrogens with one attached hydrogen (secondary N) is 2. The van der Waals surface area contributed by atoms with Gasteiger partial charge >= 0.3 is 0 Å². The van der Waals surface area contributed by atoms with Crippen molar-refractivity contribution in [2.75, 3.05) is 34.2 Å². The van der Waals surface area contributed by atoms with Crippen molar-refractivity contribution in [1.29, 1.82) is 0 Å². The Hall–Kier alpha value is -1.26. The monoisotopic (exact) mass is 324 g/mol. The number of rotatable bonds is 8. The highest BCUT2D eigenvalue weighted by atomic mass is 16.2. The van der Waals surface area contributed by atoms with Crippen LogP contribution >= 0.6 is 0 Å². The van der Waals surface area contributed by atoms with E-state index >= 15 is 0 Å². The van der Waals surface area contributed by atoms with Gasteiger partial charge in [0.1, 0.15) is 0 Å². The van der Waals surface area contributed by atoms with Gasteiger partial charge < -0.3 is 15.5 Å². The SMILES string of the molecule is CN=C(NCCCCC(C)C)NCC1(C(=O)N(C)C)CCCC1. The maximum Gasteiger partial charge on any atom is 0.230 e. The number of carbonyl (C=O) groups excluding carboxylic acids is 1. The Bertz CT molecular complexity index is 384. The van der Waals surface area contributed by atoms with Crippen molar-refractivity contribution in [2.45, 2.75) is 58.8 Å². The molecule has 0 unspecified atom stereocenters. The van der Waals surface area contributed by atoms with Crippen molar-refractivity contribution in [3.8, 4) is 0 Å². The molecule has 1 amide bonds. The van der Waals surface area contributed by atoms with Crippen molar-refractivity contribution in [2.24, 2.45) is 16.3 Å². The van der Waals surface area contributed by atoms with Crippen LogP contribution in [0.25, 0.3) is 0 Å². The van der Waals surface area contributed by atoms with Gasteiger partial charge in [0, 0.05) is 34.2 Å². The molecular formula is C18H36N4O. The quantitative estimate of drug-likeness (QED) is 0.410. The number of amides is 1. The molecule has 0 heterocycles. The Balaban J connectivity index is 2.41. The Morgan fingerprint density at radius 2 is 1.83 bits per heavy atom. The molecule has 0 radical (unpaired) electrons. The third kappa shape index (κ3) is 6.40. The van der Waals surface area contributed by atoms with Crippen LogP contribution in [0.4, 0.5) is 0 Å². The summed E-state index contributed by atoms with van der Waals surface area (Å²) in [4.78, 5) is 18.6. The van der Waals surface area contributed by atoms with E-state index in [1.165, 1.54) is 12.8 Å². The summed E-state index contributed by atoms with van der Waals surface area (Å²) >= 11 is 0. The molecule has 0 bridgehead atoms. The maximum absolute atomic E-state index is 12.6. The van der Waals surface area contributed by atoms with E-state index in [4.69, 9.17) is 0 Å². The molecule has 0 spiro atoms. The molecule has 5 heteroatoms. The van der Waals surface area contributed by atoms with Gasteiger partial charge in [-0.15, -0.1) is 0 Å². The van der Waals surface area contributed by atoms with Gasteiger partial charge in [0.05, 0.1) is 5.41 Å². The van der Waals surface area contributed by atoms with Crippen molar-refractivity contribution < 1.29 is 4.79 Å². The van der Waals surface area contributed by atoms with Crippen LogP contribution in [0.2, 0.25) is 0 Å². The van der Waals surface area contributed by atoms with Crippen molar-refractivity contribution in [1.82, 2.24) is 15.5 Å². The Morgan fingerprint density at radius 1 is 1.17 bits per heavy atom. The van der Waals surface area contributed by atoms with E-state index in [0.29, 0.717) is 6.54 Å². The highest BCUT2D eigenvalue weighted by molar-refractivity contribution is 5.85. The summed E-state index contributed by atoms with van der Waals surface area (Å²) < 4.78 is 0. The van der Waals surface area contributed by atoms with E-state index in [1.54, 1.807) is 11.9 Å². The number of nitrogens with zero attached hydrogens (tertiary/aromatic N) is 2. The van der Waals surface area contributed by atoms with Crippen LogP contribution in [-0.4, -0.2) is 51.0 Å². The number of unbranched alkanes of at least 4 members (excludes halogenated alkanes) is 1. The van der Waals surface area contributed by atoms with Gasteiger partial charge in [0.2, 0.25) is 5.91 Å². The molecule has 2 N–H and O–H groups in total. The zero-order chi connectivity index (χ0) is 17.3. The topological polar surface area (TPSA) is 56.7 Å². The molecule has 0 saturated heterocycles. The summed E-state index contributed by atoms with van der Waals surface area (Å²) in [6.07, 6.45) is 7.90. The molecule has 1 aliphatic carbocycles. The zero-order valence-electron chi connectivity index (χ0n) is 15.7. The maximum atomic E-state index is 12.6. The van der Waals surface area contributed by atoms with Crippen molar-refractivity contribution in [3.05, 3.63) is 0 Å². The number of hydrogen-bond donors (Lipinski definition) is 2. The smallest absolute Gasteiger partial charge is 0.230 e. The van der Waals surface area contributed by atoms with E-state index in [9.17, 15) is 4.79 Å². The van der Waals surface area contributed by atoms with E-state index in [2.05, 4.69) is 29.5 Å². The summed E-state index contributed by atoms with van der Waals surface area (Å²) in [5.41, 5.74) is -0.251. The van der Waals surface area contributed by atoms with Gasteiger partial charge in [-0.05, 0) is 25.2 Å². The van der Waals surface area contributed by atoms with E-state index in [0.717, 1.165) is 50.5 Å². The minimum absolute atomic E-state index is 0.245. The molecule has 1 aliphatic rings. The summed E-state index contributed by atoms with van der Waals surface area (Å²) in [6, 6.07) is 0. The van der Waals surface area contributed by atoms with E-state index < -0.39 is 0 Å². The minimum atomic E-state index is -0.251. The molecule has 134 valence electrons. The molecule has 0 aromatic rings. The van der Waals surface area contributed by atoms with Gasteiger partial charge in [-0.2, -0.15) is 0 Å². The van der Waals surface area contributed by atoms with Crippen molar-refractivity contribution in [3.63, 3.8) is 0 Å². The Kier molecular flexibility index (Phi) is 8.42. The Labute approximate surface area is 142 Å². The number of hydrogen-bond acceptors (Lipinski definition) is 2. The molecule has 23 heavy (non-hydrogen) atoms. The molecule has 0 atom stereocenters. The van der Waals surface area contributed by atoms with Crippen LogP contribution in [-0.2, 0) is 4.79 Å². The zero-order valence-corrected chi connectivity index (χ0v) is 15.7. The van der Waals surface area contributed by atoms with E-state index in [1.807, 2.05) is 14.1 Å². The predicted octanol–water partition coefficient (Wildman–Crippen LogP) is 2.63. The second-order valence-corrected chi connectivity index (χ2v) is 7.43. The van der Waals surface area contributed by atoms with Gasteiger partial charge in [-0.25, -0.2) is 0 Å². The fraction of sp³-hybridized carbons (Fsp3) is 0.889. The van der Waals surface area contributed by atoms with Crippen LogP contribution < -0.4 is 10.6 Å². The van der Waals surface area contributed by atoms with Gasteiger partial charge in [0.25, 0.3) is 0 Å². The first-order chi connectivity index (χ1) is 10.9. The normalized spacial score (nSPS) is 17.4. The number of guanidine groups is 1. The first kappa shape index (κ1) is 19.8. The summed E-state index contributed by atoms with van der Waals surface area (Å²) in [6.45, 7) is 6.13. The number of carbonyl (C=O) groups is 1.